The lowest BCUT2D eigenvalue weighted by atomic mass is 10.2. The van der Waals surface area contributed by atoms with E-state index >= 15 is 0 Å². The summed E-state index contributed by atoms with van der Waals surface area (Å²) in [5.41, 5.74) is 0.663. The molecule has 7 nitrogen and oxygen atoms in total. The normalized spacial score (nSPS) is 15.5. The zero-order valence-corrected chi connectivity index (χ0v) is 15.3. The van der Waals surface area contributed by atoms with Crippen molar-refractivity contribution in [2.75, 3.05) is 24.5 Å². The van der Waals surface area contributed by atoms with Crippen LogP contribution in [0.25, 0.3) is 0 Å². The molecule has 1 aromatic carbocycles. The van der Waals surface area contributed by atoms with Crippen LogP contribution in [0.4, 0.5) is 18.9 Å². The maximum absolute atomic E-state index is 12.7. The molecular weight excluding hydrogens is 399 g/mol. The summed E-state index contributed by atoms with van der Waals surface area (Å²) in [5.74, 6) is -0.594. The molecule has 2 heterocycles. The summed E-state index contributed by atoms with van der Waals surface area (Å²) < 4.78 is 41.9. The summed E-state index contributed by atoms with van der Waals surface area (Å²) >= 11 is 6.13. The van der Waals surface area contributed by atoms with E-state index in [1.54, 1.807) is 11.0 Å². The second-order valence-electron chi connectivity index (χ2n) is 6.19. The van der Waals surface area contributed by atoms with Crippen LogP contribution >= 0.6 is 11.6 Å². The van der Waals surface area contributed by atoms with Gasteiger partial charge in [0.05, 0.1) is 18.4 Å². The van der Waals surface area contributed by atoms with Gasteiger partial charge in [-0.05, 0) is 12.5 Å². The van der Waals surface area contributed by atoms with Crippen molar-refractivity contribution in [3.05, 3.63) is 46.5 Å². The SMILES string of the molecule is N=c1[nH]ncc(N2CCCN(Cc3ccccc3OC(F)(F)F)C(=O)C2)c1Cl. The number of nitrogens with zero attached hydrogens (tertiary/aromatic N) is 3. The van der Waals surface area contributed by atoms with E-state index in [1.165, 1.54) is 29.3 Å². The summed E-state index contributed by atoms with van der Waals surface area (Å²) in [5, 5.41) is 14.1. The minimum absolute atomic E-state index is 0.00281. The van der Waals surface area contributed by atoms with Gasteiger partial charge in [-0.15, -0.1) is 13.2 Å². The smallest absolute Gasteiger partial charge is 0.405 e. The first-order valence-corrected chi connectivity index (χ1v) is 8.76. The summed E-state index contributed by atoms with van der Waals surface area (Å²) in [6, 6.07) is 5.75. The second-order valence-corrected chi connectivity index (χ2v) is 6.57. The molecule has 2 aromatic rings. The number of nitrogens with one attached hydrogen (secondary N) is 2. The Labute approximate surface area is 163 Å². The predicted molar refractivity (Wildman–Crippen MR) is 94.8 cm³/mol. The van der Waals surface area contributed by atoms with E-state index < -0.39 is 6.36 Å². The van der Waals surface area contributed by atoms with Crippen molar-refractivity contribution >= 4 is 23.2 Å². The molecule has 11 heteroatoms. The molecule has 2 N–H and O–H groups in total. The van der Waals surface area contributed by atoms with Crippen molar-refractivity contribution in [3.63, 3.8) is 0 Å². The van der Waals surface area contributed by atoms with Gasteiger partial charge in [-0.1, -0.05) is 29.8 Å². The van der Waals surface area contributed by atoms with E-state index in [4.69, 9.17) is 17.0 Å². The summed E-state index contributed by atoms with van der Waals surface area (Å²) in [6.45, 7) is 0.839. The Morgan fingerprint density at radius 2 is 2.04 bits per heavy atom. The zero-order valence-electron chi connectivity index (χ0n) is 14.6. The molecule has 1 fully saturated rings. The van der Waals surface area contributed by atoms with Crippen molar-refractivity contribution < 1.29 is 22.7 Å². The summed E-state index contributed by atoms with van der Waals surface area (Å²) in [7, 11) is 0. The highest BCUT2D eigenvalue weighted by molar-refractivity contribution is 6.32. The molecule has 0 aliphatic carbocycles. The number of carbonyl (C=O) groups excluding carboxylic acids is 1. The first-order chi connectivity index (χ1) is 13.2. The van der Waals surface area contributed by atoms with Crippen molar-refractivity contribution in [1.29, 1.82) is 5.41 Å². The standard InChI is InChI=1S/C17H17ClF3N5O2/c18-15-12(8-23-24-16(15)22)25-6-3-7-26(14(27)10-25)9-11-4-1-2-5-13(11)28-17(19,20)21/h1-2,4-5,8H,3,6-7,9-10H2,(H2,22,24). The van der Waals surface area contributed by atoms with Crippen molar-refractivity contribution in [2.24, 2.45) is 0 Å². The molecule has 0 spiro atoms. The van der Waals surface area contributed by atoms with E-state index in [-0.39, 0.29) is 40.8 Å². The Balaban J connectivity index is 1.77. The van der Waals surface area contributed by atoms with Gasteiger partial charge in [0, 0.05) is 25.2 Å². The Bertz CT molecular complexity index is 918. The third kappa shape index (κ3) is 4.75. The molecule has 1 aliphatic rings. The van der Waals surface area contributed by atoms with Crippen LogP contribution in [0.5, 0.6) is 5.75 Å². The monoisotopic (exact) mass is 415 g/mol. The number of H-pyrrole nitrogens is 1. The number of alkyl halides is 3. The average Bonchev–Trinajstić information content (AvgIpc) is 2.80. The Morgan fingerprint density at radius 1 is 1.29 bits per heavy atom. The first kappa shape index (κ1) is 20.0. The van der Waals surface area contributed by atoms with Gasteiger partial charge in [0.15, 0.2) is 5.49 Å². The Morgan fingerprint density at radius 3 is 2.79 bits per heavy atom. The molecule has 1 saturated heterocycles. The molecule has 1 amide bonds. The van der Waals surface area contributed by atoms with Gasteiger partial charge in [-0.25, -0.2) is 0 Å². The number of halogens is 4. The number of aromatic nitrogens is 2. The minimum Gasteiger partial charge on any atom is -0.405 e. The second kappa shape index (κ2) is 8.09. The largest absolute Gasteiger partial charge is 0.573 e. The van der Waals surface area contributed by atoms with Gasteiger partial charge in [-0.3, -0.25) is 15.3 Å². The highest BCUT2D eigenvalue weighted by Crippen LogP contribution is 2.28. The van der Waals surface area contributed by atoms with Crippen molar-refractivity contribution in [3.8, 4) is 5.75 Å². The van der Waals surface area contributed by atoms with E-state index in [0.29, 0.717) is 25.2 Å². The van der Waals surface area contributed by atoms with Crippen LogP contribution in [0.2, 0.25) is 5.02 Å². The fourth-order valence-electron chi connectivity index (χ4n) is 2.97. The first-order valence-electron chi connectivity index (χ1n) is 8.39. The van der Waals surface area contributed by atoms with Gasteiger partial charge in [0.2, 0.25) is 5.91 Å². The van der Waals surface area contributed by atoms with Crippen LogP contribution in [-0.2, 0) is 11.3 Å². The predicted octanol–water partition coefficient (Wildman–Crippen LogP) is 2.68. The van der Waals surface area contributed by atoms with Crippen LogP contribution in [-0.4, -0.2) is 47.0 Å². The molecular formula is C17H17ClF3N5O2. The third-order valence-corrected chi connectivity index (χ3v) is 4.63. The number of para-hydroxylation sites is 1. The lowest BCUT2D eigenvalue weighted by Crippen LogP contribution is -2.37. The maximum Gasteiger partial charge on any atom is 0.573 e. The van der Waals surface area contributed by atoms with E-state index in [2.05, 4.69) is 14.9 Å². The van der Waals surface area contributed by atoms with Crippen LogP contribution in [0, 0.1) is 5.41 Å². The Kier molecular flexibility index (Phi) is 5.78. The summed E-state index contributed by atoms with van der Waals surface area (Å²) in [6.07, 6.45) is -2.79. The van der Waals surface area contributed by atoms with Gasteiger partial charge < -0.3 is 14.5 Å². The number of aromatic amines is 1. The number of hydrogen-bond donors (Lipinski definition) is 2. The van der Waals surface area contributed by atoms with Crippen LogP contribution < -0.4 is 15.1 Å². The van der Waals surface area contributed by atoms with E-state index in [9.17, 15) is 18.0 Å². The van der Waals surface area contributed by atoms with Gasteiger partial charge in [-0.2, -0.15) is 5.10 Å². The van der Waals surface area contributed by atoms with Gasteiger partial charge in [0.25, 0.3) is 0 Å². The molecule has 0 saturated carbocycles. The van der Waals surface area contributed by atoms with Crippen molar-refractivity contribution in [1.82, 2.24) is 15.1 Å². The highest BCUT2D eigenvalue weighted by Gasteiger charge is 2.32. The average molecular weight is 416 g/mol. The molecule has 0 bridgehead atoms. The molecule has 28 heavy (non-hydrogen) atoms. The molecule has 0 unspecified atom stereocenters. The Hall–Kier alpha value is -2.75. The third-order valence-electron chi connectivity index (χ3n) is 4.24. The molecule has 150 valence electrons. The topological polar surface area (TPSA) is 85.3 Å². The maximum atomic E-state index is 12.7. The van der Waals surface area contributed by atoms with Gasteiger partial charge >= 0.3 is 6.36 Å². The van der Waals surface area contributed by atoms with E-state index in [1.807, 2.05) is 0 Å². The number of ether oxygens (including phenoxy) is 1. The van der Waals surface area contributed by atoms with Crippen LogP contribution in [0.3, 0.4) is 0 Å². The zero-order chi connectivity index (χ0) is 20.3. The minimum atomic E-state index is -4.81. The fraction of sp³-hybridized carbons (Fsp3) is 0.353. The van der Waals surface area contributed by atoms with Gasteiger partial charge in [0.1, 0.15) is 10.8 Å². The lowest BCUT2D eigenvalue weighted by molar-refractivity contribution is -0.275. The van der Waals surface area contributed by atoms with Crippen LogP contribution in [0.15, 0.2) is 30.5 Å². The number of benzene rings is 1. The lowest BCUT2D eigenvalue weighted by Gasteiger charge is -2.24. The van der Waals surface area contributed by atoms with E-state index in [0.717, 1.165) is 0 Å². The quantitative estimate of drug-likeness (QED) is 0.804. The molecule has 1 aromatic heterocycles. The molecule has 1 aliphatic heterocycles. The van der Waals surface area contributed by atoms with Crippen LogP contribution in [0.1, 0.15) is 12.0 Å². The van der Waals surface area contributed by atoms with Crippen molar-refractivity contribution in [2.45, 2.75) is 19.3 Å². The molecule has 3 rings (SSSR count). The summed E-state index contributed by atoms with van der Waals surface area (Å²) in [4.78, 5) is 15.9. The number of hydrogen-bond acceptors (Lipinski definition) is 5. The fourth-order valence-corrected chi connectivity index (χ4v) is 3.18. The molecule has 0 radical (unpaired) electrons. The number of anilines is 1. The molecule has 0 atom stereocenters. The number of amides is 1. The number of rotatable bonds is 4. The highest BCUT2D eigenvalue weighted by atomic mass is 35.5. The number of carbonyl (C=O) groups is 1.